The average molecular weight is 229 g/mol. The van der Waals surface area contributed by atoms with Crippen molar-refractivity contribution in [3.8, 4) is 0 Å². The number of nitrogens with zero attached hydrogens (tertiary/aromatic N) is 2. The van der Waals surface area contributed by atoms with Gasteiger partial charge in [0.15, 0.2) is 5.13 Å². The lowest BCUT2D eigenvalue weighted by Crippen LogP contribution is -2.13. The molecule has 15 heavy (non-hydrogen) atoms. The van der Waals surface area contributed by atoms with Crippen molar-refractivity contribution in [2.24, 2.45) is 5.92 Å². The highest BCUT2D eigenvalue weighted by molar-refractivity contribution is 7.18. The molecule has 0 amide bonds. The average Bonchev–Trinajstić information content (AvgIpc) is 2.86. The Labute approximate surface area is 90.4 Å². The zero-order chi connectivity index (χ0) is 10.7. The van der Waals surface area contributed by atoms with E-state index in [0.717, 1.165) is 37.5 Å². The van der Waals surface area contributed by atoms with Gasteiger partial charge < -0.3 is 10.1 Å². The highest BCUT2D eigenvalue weighted by Crippen LogP contribution is 2.25. The van der Waals surface area contributed by atoms with E-state index in [0.29, 0.717) is 11.0 Å². The van der Waals surface area contributed by atoms with Crippen LogP contribution in [0.1, 0.15) is 6.42 Å². The number of thiazole rings is 1. The fraction of sp³-hybridized carbons (Fsp3) is 0.625. The third kappa shape index (κ3) is 2.63. The molecule has 1 aromatic heterocycles. The predicted molar refractivity (Wildman–Crippen MR) is 56.2 cm³/mol. The summed E-state index contributed by atoms with van der Waals surface area (Å²) in [7, 11) is 0. The van der Waals surface area contributed by atoms with E-state index in [1.54, 1.807) is 0 Å². The van der Waals surface area contributed by atoms with Crippen molar-refractivity contribution in [2.75, 3.05) is 25.1 Å². The molecule has 2 heterocycles. The van der Waals surface area contributed by atoms with Gasteiger partial charge >= 0.3 is 5.00 Å². The van der Waals surface area contributed by atoms with Crippen molar-refractivity contribution < 1.29 is 9.66 Å². The summed E-state index contributed by atoms with van der Waals surface area (Å²) < 4.78 is 5.22. The first kappa shape index (κ1) is 10.3. The van der Waals surface area contributed by atoms with Crippen LogP contribution in [0.15, 0.2) is 6.20 Å². The van der Waals surface area contributed by atoms with Crippen LogP contribution in [0.4, 0.5) is 10.1 Å². The quantitative estimate of drug-likeness (QED) is 0.625. The van der Waals surface area contributed by atoms with E-state index in [1.165, 1.54) is 6.20 Å². The third-order valence-electron chi connectivity index (χ3n) is 2.24. The van der Waals surface area contributed by atoms with Gasteiger partial charge in [0.1, 0.15) is 6.20 Å². The minimum absolute atomic E-state index is 0.0696. The second kappa shape index (κ2) is 4.54. The Bertz CT molecular complexity index is 349. The monoisotopic (exact) mass is 229 g/mol. The SMILES string of the molecule is O=[N+]([O-])c1cnc(NCC2CCOC2)s1. The molecule has 2 rings (SSSR count). The molecule has 6 nitrogen and oxygen atoms in total. The molecule has 1 atom stereocenters. The Morgan fingerprint density at radius 3 is 3.27 bits per heavy atom. The standard InChI is InChI=1S/C8H11N3O3S/c12-11(13)7-4-10-8(15-7)9-3-6-1-2-14-5-6/h4,6H,1-3,5H2,(H,9,10). The first-order valence-electron chi connectivity index (χ1n) is 4.67. The van der Waals surface area contributed by atoms with E-state index < -0.39 is 4.92 Å². The molecule has 7 heteroatoms. The molecule has 1 aromatic rings. The molecule has 0 saturated carbocycles. The fourth-order valence-electron chi connectivity index (χ4n) is 1.41. The zero-order valence-corrected chi connectivity index (χ0v) is 8.83. The second-order valence-corrected chi connectivity index (χ2v) is 4.38. The van der Waals surface area contributed by atoms with Crippen LogP contribution < -0.4 is 5.32 Å². The van der Waals surface area contributed by atoms with Gasteiger partial charge in [0.2, 0.25) is 0 Å². The molecule has 1 fully saturated rings. The lowest BCUT2D eigenvalue weighted by Gasteiger charge is -2.06. The molecular weight excluding hydrogens is 218 g/mol. The summed E-state index contributed by atoms with van der Waals surface area (Å²) in [4.78, 5) is 13.9. The summed E-state index contributed by atoms with van der Waals surface area (Å²) in [6.45, 7) is 2.34. The van der Waals surface area contributed by atoms with Crippen molar-refractivity contribution in [2.45, 2.75) is 6.42 Å². The van der Waals surface area contributed by atoms with Gasteiger partial charge in [-0.3, -0.25) is 10.1 Å². The molecule has 0 spiro atoms. The van der Waals surface area contributed by atoms with Gasteiger partial charge in [-0.15, -0.1) is 0 Å². The van der Waals surface area contributed by atoms with E-state index in [4.69, 9.17) is 4.74 Å². The molecule has 1 unspecified atom stereocenters. The topological polar surface area (TPSA) is 77.3 Å². The number of nitro groups is 1. The van der Waals surface area contributed by atoms with Crippen LogP contribution in [0.2, 0.25) is 0 Å². The first-order chi connectivity index (χ1) is 7.25. The fourth-order valence-corrected chi connectivity index (χ4v) is 2.05. The molecule has 1 aliphatic heterocycles. The van der Waals surface area contributed by atoms with Crippen LogP contribution in [-0.2, 0) is 4.74 Å². The van der Waals surface area contributed by atoms with Crippen molar-refractivity contribution in [1.29, 1.82) is 0 Å². The second-order valence-electron chi connectivity index (χ2n) is 3.37. The van der Waals surface area contributed by atoms with Gasteiger partial charge in [-0.1, -0.05) is 0 Å². The van der Waals surface area contributed by atoms with Crippen LogP contribution >= 0.6 is 11.3 Å². The zero-order valence-electron chi connectivity index (χ0n) is 8.01. The number of aromatic nitrogens is 1. The number of rotatable bonds is 4. The molecule has 82 valence electrons. The van der Waals surface area contributed by atoms with E-state index in [-0.39, 0.29) is 5.00 Å². The molecule has 0 bridgehead atoms. The van der Waals surface area contributed by atoms with Gasteiger partial charge in [-0.05, 0) is 17.8 Å². The van der Waals surface area contributed by atoms with E-state index in [9.17, 15) is 10.1 Å². The molecule has 1 N–H and O–H groups in total. The lowest BCUT2D eigenvalue weighted by atomic mass is 10.1. The summed E-state index contributed by atoms with van der Waals surface area (Å²) in [5.41, 5.74) is 0. The van der Waals surface area contributed by atoms with Crippen molar-refractivity contribution >= 4 is 21.5 Å². The normalized spacial score (nSPS) is 20.4. The summed E-state index contributed by atoms with van der Waals surface area (Å²) in [6, 6.07) is 0. The number of ether oxygens (including phenoxy) is 1. The molecule has 0 aromatic carbocycles. The number of hydrogen-bond acceptors (Lipinski definition) is 6. The van der Waals surface area contributed by atoms with Crippen molar-refractivity contribution in [1.82, 2.24) is 4.98 Å². The Balaban J connectivity index is 1.84. The number of nitrogens with one attached hydrogen (secondary N) is 1. The highest BCUT2D eigenvalue weighted by Gasteiger charge is 2.17. The van der Waals surface area contributed by atoms with Gasteiger partial charge in [0.05, 0.1) is 11.5 Å². The maximum atomic E-state index is 10.4. The van der Waals surface area contributed by atoms with Crippen LogP contribution in [0.5, 0.6) is 0 Å². The van der Waals surface area contributed by atoms with Crippen LogP contribution in [0.3, 0.4) is 0 Å². The Morgan fingerprint density at radius 2 is 2.67 bits per heavy atom. The lowest BCUT2D eigenvalue weighted by molar-refractivity contribution is -0.380. The third-order valence-corrected chi connectivity index (χ3v) is 3.15. The van der Waals surface area contributed by atoms with E-state index in [2.05, 4.69) is 10.3 Å². The molecule has 1 saturated heterocycles. The predicted octanol–water partition coefficient (Wildman–Crippen LogP) is 1.50. The number of hydrogen-bond donors (Lipinski definition) is 1. The molecule has 0 radical (unpaired) electrons. The Morgan fingerprint density at radius 1 is 1.80 bits per heavy atom. The van der Waals surface area contributed by atoms with Gasteiger partial charge in [0.25, 0.3) is 0 Å². The highest BCUT2D eigenvalue weighted by atomic mass is 32.1. The van der Waals surface area contributed by atoms with E-state index >= 15 is 0 Å². The summed E-state index contributed by atoms with van der Waals surface area (Å²) in [6.07, 6.45) is 2.32. The maximum Gasteiger partial charge on any atom is 0.345 e. The maximum absolute atomic E-state index is 10.4. The molecule has 1 aliphatic rings. The van der Waals surface area contributed by atoms with Gasteiger partial charge in [-0.2, -0.15) is 0 Å². The molecule has 0 aliphatic carbocycles. The van der Waals surface area contributed by atoms with Crippen LogP contribution in [0, 0.1) is 16.0 Å². The molecular formula is C8H11N3O3S. The van der Waals surface area contributed by atoms with Crippen LogP contribution in [0.25, 0.3) is 0 Å². The number of anilines is 1. The Hall–Kier alpha value is -1.21. The minimum Gasteiger partial charge on any atom is -0.381 e. The van der Waals surface area contributed by atoms with Crippen molar-refractivity contribution in [3.63, 3.8) is 0 Å². The van der Waals surface area contributed by atoms with Crippen molar-refractivity contribution in [3.05, 3.63) is 16.3 Å². The first-order valence-corrected chi connectivity index (χ1v) is 5.49. The largest absolute Gasteiger partial charge is 0.381 e. The van der Waals surface area contributed by atoms with Gasteiger partial charge in [-0.25, -0.2) is 4.98 Å². The van der Waals surface area contributed by atoms with E-state index in [1.807, 2.05) is 0 Å². The Kier molecular flexibility index (Phi) is 3.12. The van der Waals surface area contributed by atoms with Crippen LogP contribution in [-0.4, -0.2) is 29.7 Å². The summed E-state index contributed by atoms with van der Waals surface area (Å²) >= 11 is 1.06. The minimum atomic E-state index is -0.429. The van der Waals surface area contributed by atoms with Gasteiger partial charge in [0, 0.05) is 19.1 Å². The summed E-state index contributed by atoms with van der Waals surface area (Å²) in [5, 5.41) is 14.2. The summed E-state index contributed by atoms with van der Waals surface area (Å²) in [5.74, 6) is 0.493. The smallest absolute Gasteiger partial charge is 0.345 e.